The lowest BCUT2D eigenvalue weighted by Crippen LogP contribution is -2.34. The number of pyridine rings is 2. The molecule has 7 heteroatoms. The molecule has 2 heterocycles. The van der Waals surface area contributed by atoms with Gasteiger partial charge in [0.1, 0.15) is 4.90 Å². The van der Waals surface area contributed by atoms with Gasteiger partial charge in [-0.2, -0.15) is 4.31 Å². The van der Waals surface area contributed by atoms with Crippen LogP contribution in [0, 0.1) is 5.92 Å². The highest BCUT2D eigenvalue weighted by molar-refractivity contribution is 7.89. The van der Waals surface area contributed by atoms with Crippen LogP contribution in [0.5, 0.6) is 0 Å². The fraction of sp³-hybridized carbons (Fsp3) is 0.333. The van der Waals surface area contributed by atoms with Crippen molar-refractivity contribution in [2.24, 2.45) is 5.92 Å². The minimum absolute atomic E-state index is 0.0797. The van der Waals surface area contributed by atoms with E-state index in [1.165, 1.54) is 22.8 Å². The zero-order valence-corrected chi connectivity index (χ0v) is 14.2. The Kier molecular flexibility index (Phi) is 5.16. The minimum atomic E-state index is -3.70. The van der Waals surface area contributed by atoms with Gasteiger partial charge in [0.15, 0.2) is 0 Å². The van der Waals surface area contributed by atoms with Crippen LogP contribution in [0.25, 0.3) is 0 Å². The van der Waals surface area contributed by atoms with Gasteiger partial charge in [0.25, 0.3) is 0 Å². The summed E-state index contributed by atoms with van der Waals surface area (Å²) in [5.41, 5.74) is 0.846. The molecule has 2 aromatic rings. The van der Waals surface area contributed by atoms with Crippen molar-refractivity contribution in [1.29, 1.82) is 0 Å². The van der Waals surface area contributed by atoms with E-state index in [1.807, 2.05) is 19.9 Å². The van der Waals surface area contributed by atoms with E-state index in [0.717, 1.165) is 5.56 Å². The van der Waals surface area contributed by atoms with Crippen LogP contribution < -0.4 is 0 Å². The van der Waals surface area contributed by atoms with Gasteiger partial charge in [0, 0.05) is 31.8 Å². The van der Waals surface area contributed by atoms with Crippen molar-refractivity contribution in [3.63, 3.8) is 0 Å². The third-order valence-electron chi connectivity index (χ3n) is 3.41. The van der Waals surface area contributed by atoms with E-state index < -0.39 is 10.0 Å². The molecule has 2 aromatic heterocycles. The second-order valence-electron chi connectivity index (χ2n) is 5.34. The van der Waals surface area contributed by atoms with Crippen LogP contribution in [0.3, 0.4) is 0 Å². The second kappa shape index (κ2) is 6.73. The van der Waals surface area contributed by atoms with Gasteiger partial charge in [-0.15, -0.1) is 0 Å². The van der Waals surface area contributed by atoms with Crippen molar-refractivity contribution in [3.8, 4) is 0 Å². The molecule has 5 nitrogen and oxygen atoms in total. The first-order chi connectivity index (χ1) is 10.3. The molecule has 2 rings (SSSR count). The minimum Gasteiger partial charge on any atom is -0.264 e. The van der Waals surface area contributed by atoms with E-state index in [9.17, 15) is 8.42 Å². The van der Waals surface area contributed by atoms with Crippen LogP contribution in [-0.4, -0.2) is 29.7 Å². The summed E-state index contributed by atoms with van der Waals surface area (Å²) >= 11 is 5.86. The maximum absolute atomic E-state index is 12.8. The molecule has 0 amide bonds. The van der Waals surface area contributed by atoms with Gasteiger partial charge >= 0.3 is 0 Å². The van der Waals surface area contributed by atoms with Crippen LogP contribution in [-0.2, 0) is 10.0 Å². The molecule has 0 bridgehead atoms. The number of rotatable bonds is 5. The summed E-state index contributed by atoms with van der Waals surface area (Å²) < 4.78 is 27.0. The monoisotopic (exact) mass is 339 g/mol. The summed E-state index contributed by atoms with van der Waals surface area (Å²) in [6.07, 6.45) is 6.06. The highest BCUT2D eigenvalue weighted by Gasteiger charge is 2.31. The van der Waals surface area contributed by atoms with Crippen molar-refractivity contribution >= 4 is 21.6 Å². The first-order valence-corrected chi connectivity index (χ1v) is 8.64. The SMILES string of the molecule is CC(C)[C@H](c1cccnc1)N(C)S(=O)(=O)c1cncc(Cl)c1. The molecule has 0 saturated carbocycles. The Morgan fingerprint density at radius 1 is 1.18 bits per heavy atom. The Morgan fingerprint density at radius 2 is 1.91 bits per heavy atom. The predicted molar refractivity (Wildman–Crippen MR) is 86.0 cm³/mol. The fourth-order valence-corrected chi connectivity index (χ4v) is 4.12. The van der Waals surface area contributed by atoms with Gasteiger partial charge < -0.3 is 0 Å². The van der Waals surface area contributed by atoms with Crippen LogP contribution in [0.4, 0.5) is 0 Å². The van der Waals surface area contributed by atoms with Gasteiger partial charge in [-0.25, -0.2) is 8.42 Å². The molecular formula is C15H18ClN3O2S. The second-order valence-corrected chi connectivity index (χ2v) is 7.77. The summed E-state index contributed by atoms with van der Waals surface area (Å²) in [6.45, 7) is 3.94. The molecule has 0 aliphatic rings. The topological polar surface area (TPSA) is 63.2 Å². The van der Waals surface area contributed by atoms with Crippen molar-refractivity contribution in [1.82, 2.24) is 14.3 Å². The Morgan fingerprint density at radius 3 is 2.45 bits per heavy atom. The molecule has 0 unspecified atom stereocenters. The Bertz CT molecular complexity index is 735. The molecule has 0 saturated heterocycles. The molecule has 0 spiro atoms. The molecule has 118 valence electrons. The Labute approximate surface area is 136 Å². The quantitative estimate of drug-likeness (QED) is 0.839. The van der Waals surface area contributed by atoms with Gasteiger partial charge in [-0.05, 0) is 23.6 Å². The molecule has 0 aliphatic heterocycles. The molecule has 0 N–H and O–H groups in total. The van der Waals surface area contributed by atoms with Crippen molar-refractivity contribution in [3.05, 3.63) is 53.6 Å². The summed E-state index contributed by atoms with van der Waals surface area (Å²) in [5, 5.41) is 0.289. The number of hydrogen-bond donors (Lipinski definition) is 0. The standard InChI is InChI=1S/C15H18ClN3O2S/c1-11(2)15(12-5-4-6-17-8-12)19(3)22(20,21)14-7-13(16)9-18-10-14/h4-11,15H,1-3H3/t15-/m1/s1. The average Bonchev–Trinajstić information content (AvgIpc) is 2.48. The lowest BCUT2D eigenvalue weighted by atomic mass is 9.98. The van der Waals surface area contributed by atoms with Crippen LogP contribution in [0.2, 0.25) is 5.02 Å². The molecule has 0 aliphatic carbocycles. The van der Waals surface area contributed by atoms with Gasteiger partial charge in [-0.3, -0.25) is 9.97 Å². The summed E-state index contributed by atoms with van der Waals surface area (Å²) in [7, 11) is -2.13. The van der Waals surface area contributed by atoms with Crippen LogP contribution in [0.1, 0.15) is 25.5 Å². The smallest absolute Gasteiger partial charge is 0.244 e. The van der Waals surface area contributed by atoms with Gasteiger partial charge in [0.05, 0.1) is 11.1 Å². The fourth-order valence-electron chi connectivity index (χ4n) is 2.41. The molecule has 1 atom stereocenters. The summed E-state index contributed by atoms with van der Waals surface area (Å²) in [6, 6.07) is 4.75. The first kappa shape index (κ1) is 16.9. The number of nitrogens with zero attached hydrogens (tertiary/aromatic N) is 3. The zero-order chi connectivity index (χ0) is 16.3. The number of sulfonamides is 1. The number of halogens is 1. The van der Waals surface area contributed by atoms with E-state index in [0.29, 0.717) is 0 Å². The first-order valence-electron chi connectivity index (χ1n) is 6.82. The molecule has 0 radical (unpaired) electrons. The van der Waals surface area contributed by atoms with E-state index >= 15 is 0 Å². The van der Waals surface area contributed by atoms with E-state index in [4.69, 9.17) is 11.6 Å². The van der Waals surface area contributed by atoms with Gasteiger partial charge in [-0.1, -0.05) is 31.5 Å². The van der Waals surface area contributed by atoms with Gasteiger partial charge in [0.2, 0.25) is 10.0 Å². The summed E-state index contributed by atoms with van der Waals surface area (Å²) in [4.78, 5) is 8.02. The molecule has 0 fully saturated rings. The highest BCUT2D eigenvalue weighted by Crippen LogP contribution is 2.31. The average molecular weight is 340 g/mol. The lowest BCUT2D eigenvalue weighted by molar-refractivity contribution is 0.299. The van der Waals surface area contributed by atoms with Crippen molar-refractivity contribution in [2.45, 2.75) is 24.8 Å². The number of hydrogen-bond acceptors (Lipinski definition) is 4. The highest BCUT2D eigenvalue weighted by atomic mass is 35.5. The largest absolute Gasteiger partial charge is 0.264 e. The van der Waals surface area contributed by atoms with E-state index in [1.54, 1.807) is 25.5 Å². The summed E-state index contributed by atoms with van der Waals surface area (Å²) in [5.74, 6) is 0.0797. The van der Waals surface area contributed by atoms with E-state index in [2.05, 4.69) is 9.97 Å². The van der Waals surface area contributed by atoms with Crippen molar-refractivity contribution < 1.29 is 8.42 Å². The molecular weight excluding hydrogens is 322 g/mol. The third kappa shape index (κ3) is 3.45. The lowest BCUT2D eigenvalue weighted by Gasteiger charge is -2.30. The Balaban J connectivity index is 2.45. The predicted octanol–water partition coefficient (Wildman–Crippen LogP) is 3.15. The van der Waals surface area contributed by atoms with E-state index in [-0.39, 0.29) is 21.9 Å². The maximum Gasteiger partial charge on any atom is 0.244 e. The van der Waals surface area contributed by atoms with Crippen LogP contribution >= 0.6 is 11.6 Å². The zero-order valence-electron chi connectivity index (χ0n) is 12.6. The third-order valence-corrected chi connectivity index (χ3v) is 5.42. The normalized spacial score (nSPS) is 13.5. The molecule has 22 heavy (non-hydrogen) atoms. The maximum atomic E-state index is 12.8. The van der Waals surface area contributed by atoms with Crippen molar-refractivity contribution in [2.75, 3.05) is 7.05 Å². The number of aromatic nitrogens is 2. The van der Waals surface area contributed by atoms with Crippen LogP contribution in [0.15, 0.2) is 47.9 Å². The Hall–Kier alpha value is -1.50. The molecule has 0 aromatic carbocycles.